The molecule has 0 unspecified atom stereocenters. The van der Waals surface area contributed by atoms with Crippen LogP contribution in [0.5, 0.6) is 0 Å². The van der Waals surface area contributed by atoms with Crippen molar-refractivity contribution in [3.63, 3.8) is 0 Å². The highest BCUT2D eigenvalue weighted by Gasteiger charge is 2.18. The average molecular weight is 378 g/mol. The van der Waals surface area contributed by atoms with Crippen molar-refractivity contribution in [3.8, 4) is 11.3 Å². The minimum atomic E-state index is -0.976. The van der Waals surface area contributed by atoms with Gasteiger partial charge in [-0.2, -0.15) is 0 Å². The molecule has 0 saturated carbocycles. The third-order valence-corrected chi connectivity index (χ3v) is 5.42. The number of thiazole rings is 1. The molecule has 0 saturated heterocycles. The molecule has 4 rings (SSSR count). The van der Waals surface area contributed by atoms with Gasteiger partial charge in [-0.15, -0.1) is 11.3 Å². The van der Waals surface area contributed by atoms with Crippen molar-refractivity contribution < 1.29 is 9.90 Å². The molecule has 7 heteroatoms. The first-order chi connectivity index (χ1) is 12.9. The molecule has 0 radical (unpaired) electrons. The maximum absolute atomic E-state index is 11.3. The SMILES string of the molecule is CC(C)N(C)c1nc2cc(C(=O)O)ccc2nc1-c1ccc2scnc2c1. The van der Waals surface area contributed by atoms with E-state index in [0.29, 0.717) is 11.0 Å². The summed E-state index contributed by atoms with van der Waals surface area (Å²) in [6.07, 6.45) is 0. The van der Waals surface area contributed by atoms with Gasteiger partial charge in [0.2, 0.25) is 0 Å². The van der Waals surface area contributed by atoms with E-state index in [0.717, 1.165) is 27.3 Å². The van der Waals surface area contributed by atoms with Crippen LogP contribution in [0.4, 0.5) is 5.82 Å². The van der Waals surface area contributed by atoms with E-state index in [4.69, 9.17) is 9.97 Å². The van der Waals surface area contributed by atoms with E-state index in [1.54, 1.807) is 29.5 Å². The van der Waals surface area contributed by atoms with Gasteiger partial charge in [0.05, 0.1) is 32.3 Å². The van der Waals surface area contributed by atoms with Gasteiger partial charge in [0, 0.05) is 18.7 Å². The second-order valence-corrected chi connectivity index (χ2v) is 7.53. The summed E-state index contributed by atoms with van der Waals surface area (Å²) < 4.78 is 1.12. The Morgan fingerprint density at radius 2 is 1.89 bits per heavy atom. The van der Waals surface area contributed by atoms with Crippen LogP contribution in [0.2, 0.25) is 0 Å². The van der Waals surface area contributed by atoms with Crippen molar-refractivity contribution in [3.05, 3.63) is 47.5 Å². The number of carboxylic acids is 1. The molecule has 1 N–H and O–H groups in total. The zero-order chi connectivity index (χ0) is 19.1. The molecule has 0 fully saturated rings. The van der Waals surface area contributed by atoms with E-state index < -0.39 is 5.97 Å². The molecule has 0 spiro atoms. The first-order valence-corrected chi connectivity index (χ1v) is 9.43. The molecule has 2 aromatic carbocycles. The quantitative estimate of drug-likeness (QED) is 0.565. The summed E-state index contributed by atoms with van der Waals surface area (Å²) in [5.74, 6) is -0.259. The Hall–Kier alpha value is -3.06. The van der Waals surface area contributed by atoms with E-state index in [-0.39, 0.29) is 11.6 Å². The number of nitrogens with zero attached hydrogens (tertiary/aromatic N) is 4. The molecule has 0 amide bonds. The molecule has 136 valence electrons. The minimum Gasteiger partial charge on any atom is -0.478 e. The van der Waals surface area contributed by atoms with Gasteiger partial charge in [-0.3, -0.25) is 0 Å². The van der Waals surface area contributed by atoms with Crippen molar-refractivity contribution in [2.24, 2.45) is 0 Å². The molecule has 0 aliphatic heterocycles. The molecule has 27 heavy (non-hydrogen) atoms. The van der Waals surface area contributed by atoms with E-state index in [1.807, 2.05) is 35.7 Å². The molecule has 6 nitrogen and oxygen atoms in total. The number of aromatic nitrogens is 3. The third-order valence-electron chi connectivity index (χ3n) is 4.61. The summed E-state index contributed by atoms with van der Waals surface area (Å²) in [6, 6.07) is 11.1. The number of anilines is 1. The summed E-state index contributed by atoms with van der Waals surface area (Å²) in [4.78, 5) is 27.3. The molecule has 0 aliphatic rings. The fourth-order valence-corrected chi connectivity index (χ4v) is 3.53. The second kappa shape index (κ2) is 6.59. The van der Waals surface area contributed by atoms with Crippen LogP contribution in [0.1, 0.15) is 24.2 Å². The smallest absolute Gasteiger partial charge is 0.335 e. The second-order valence-electron chi connectivity index (χ2n) is 6.64. The van der Waals surface area contributed by atoms with Crippen LogP contribution < -0.4 is 4.90 Å². The van der Waals surface area contributed by atoms with Crippen LogP contribution >= 0.6 is 11.3 Å². The van der Waals surface area contributed by atoms with E-state index >= 15 is 0 Å². The van der Waals surface area contributed by atoms with Crippen molar-refractivity contribution in [1.29, 1.82) is 0 Å². The molecule has 0 atom stereocenters. The summed E-state index contributed by atoms with van der Waals surface area (Å²) in [7, 11) is 1.96. The van der Waals surface area contributed by atoms with Gasteiger partial charge < -0.3 is 10.0 Å². The number of hydrogen-bond acceptors (Lipinski definition) is 6. The highest BCUT2D eigenvalue weighted by atomic mass is 32.1. The maximum atomic E-state index is 11.3. The summed E-state index contributed by atoms with van der Waals surface area (Å²) in [5, 5.41) is 9.26. The fraction of sp³-hybridized carbons (Fsp3) is 0.200. The third kappa shape index (κ3) is 3.10. The number of carbonyl (C=O) groups is 1. The number of rotatable bonds is 4. The van der Waals surface area contributed by atoms with Crippen LogP contribution in [0.25, 0.3) is 32.5 Å². The van der Waals surface area contributed by atoms with Crippen LogP contribution in [-0.4, -0.2) is 39.1 Å². The average Bonchev–Trinajstić information content (AvgIpc) is 3.13. The minimum absolute atomic E-state index is 0.201. The Morgan fingerprint density at radius 3 is 2.63 bits per heavy atom. The molecular weight excluding hydrogens is 360 g/mol. The standard InChI is InChI=1S/C20H18N4O2S/c1-11(2)24(3)19-18(12-5-7-17-16(8-12)21-10-27-17)22-14-6-4-13(20(25)26)9-15(14)23-19/h4-11H,1-3H3,(H,25,26). The van der Waals surface area contributed by atoms with Gasteiger partial charge in [-0.25, -0.2) is 19.7 Å². The monoisotopic (exact) mass is 378 g/mol. The summed E-state index contributed by atoms with van der Waals surface area (Å²) in [6.45, 7) is 4.15. The van der Waals surface area contributed by atoms with Crippen LogP contribution in [-0.2, 0) is 0 Å². The number of hydrogen-bond donors (Lipinski definition) is 1. The van der Waals surface area contributed by atoms with Gasteiger partial charge in [0.15, 0.2) is 5.82 Å². The first-order valence-electron chi connectivity index (χ1n) is 8.55. The first kappa shape index (κ1) is 17.4. The molecule has 4 aromatic rings. The topological polar surface area (TPSA) is 79.2 Å². The normalized spacial score (nSPS) is 11.4. The lowest BCUT2D eigenvalue weighted by molar-refractivity contribution is 0.0697. The lowest BCUT2D eigenvalue weighted by atomic mass is 10.1. The van der Waals surface area contributed by atoms with Gasteiger partial charge in [0.1, 0.15) is 5.69 Å². The largest absolute Gasteiger partial charge is 0.478 e. The lowest BCUT2D eigenvalue weighted by Crippen LogP contribution is -2.27. The Balaban J connectivity index is 1.97. The maximum Gasteiger partial charge on any atom is 0.335 e. The van der Waals surface area contributed by atoms with Crippen LogP contribution in [0, 0.1) is 0 Å². The Bertz CT molecular complexity index is 1170. The Morgan fingerprint density at radius 1 is 1.07 bits per heavy atom. The zero-order valence-electron chi connectivity index (χ0n) is 15.2. The van der Waals surface area contributed by atoms with Crippen molar-refractivity contribution >= 4 is 44.4 Å². The van der Waals surface area contributed by atoms with Gasteiger partial charge in [-0.1, -0.05) is 6.07 Å². The summed E-state index contributed by atoms with van der Waals surface area (Å²) >= 11 is 1.60. The van der Waals surface area contributed by atoms with Crippen molar-refractivity contribution in [1.82, 2.24) is 15.0 Å². The number of fused-ring (bicyclic) bond motifs is 2. The van der Waals surface area contributed by atoms with Crippen LogP contribution in [0.3, 0.4) is 0 Å². The van der Waals surface area contributed by atoms with Crippen molar-refractivity contribution in [2.45, 2.75) is 19.9 Å². The predicted octanol–water partition coefficient (Wildman–Crippen LogP) is 4.45. The fourth-order valence-electron chi connectivity index (χ4n) is 2.87. The van der Waals surface area contributed by atoms with E-state index in [9.17, 15) is 9.90 Å². The zero-order valence-corrected chi connectivity index (χ0v) is 16.0. The molecule has 2 heterocycles. The molecule has 0 aliphatic carbocycles. The Kier molecular flexibility index (Phi) is 4.24. The highest BCUT2D eigenvalue weighted by molar-refractivity contribution is 7.16. The molecule has 0 bridgehead atoms. The van der Waals surface area contributed by atoms with Gasteiger partial charge in [-0.05, 0) is 44.2 Å². The molecular formula is C20H18N4O2S. The number of benzene rings is 2. The van der Waals surface area contributed by atoms with Gasteiger partial charge >= 0.3 is 5.97 Å². The van der Waals surface area contributed by atoms with E-state index in [2.05, 4.69) is 18.8 Å². The number of carboxylic acid groups (broad SMARTS) is 1. The number of aromatic carboxylic acids is 1. The highest BCUT2D eigenvalue weighted by Crippen LogP contribution is 2.32. The summed E-state index contributed by atoms with van der Waals surface area (Å²) in [5.41, 5.74) is 5.88. The van der Waals surface area contributed by atoms with Crippen molar-refractivity contribution in [2.75, 3.05) is 11.9 Å². The predicted molar refractivity (Wildman–Crippen MR) is 109 cm³/mol. The lowest BCUT2D eigenvalue weighted by Gasteiger charge is -2.25. The Labute approximate surface area is 160 Å². The van der Waals surface area contributed by atoms with E-state index in [1.165, 1.54) is 0 Å². The van der Waals surface area contributed by atoms with Crippen LogP contribution in [0.15, 0.2) is 41.9 Å². The molecule has 2 aromatic heterocycles. The van der Waals surface area contributed by atoms with Gasteiger partial charge in [0.25, 0.3) is 0 Å².